The van der Waals surface area contributed by atoms with E-state index in [2.05, 4.69) is 9.46 Å². The number of carbonyl (C=O) groups excluding carboxylic acids is 1. The maximum absolute atomic E-state index is 12.0. The predicted molar refractivity (Wildman–Crippen MR) is 79.2 cm³/mol. The van der Waals surface area contributed by atoms with Gasteiger partial charge in [0.1, 0.15) is 12.4 Å². The van der Waals surface area contributed by atoms with Gasteiger partial charge in [0.15, 0.2) is 0 Å². The molecule has 4 rings (SSSR count). The number of esters is 1. The lowest BCUT2D eigenvalue weighted by molar-refractivity contribution is -0.0126. The molecule has 8 heteroatoms. The van der Waals surface area contributed by atoms with Crippen LogP contribution in [-0.2, 0) is 26.1 Å². The van der Waals surface area contributed by atoms with Crippen molar-refractivity contribution in [3.05, 3.63) is 23.2 Å². The predicted octanol–water partition coefficient (Wildman–Crippen LogP) is 0.970. The summed E-state index contributed by atoms with van der Waals surface area (Å²) in [6.07, 6.45) is 1.45. The lowest BCUT2D eigenvalue weighted by atomic mass is 9.93. The summed E-state index contributed by atoms with van der Waals surface area (Å²) in [4.78, 5) is 11.6. The fraction of sp³-hybridized carbons (Fsp3) is 0.667. The van der Waals surface area contributed by atoms with E-state index in [4.69, 9.17) is 9.15 Å². The van der Waals surface area contributed by atoms with Gasteiger partial charge in [-0.15, -0.1) is 0 Å². The molecule has 1 N–H and O–H groups in total. The molecule has 1 saturated heterocycles. The van der Waals surface area contributed by atoms with Gasteiger partial charge < -0.3 is 13.9 Å². The molecule has 2 saturated carbocycles. The number of furan rings is 1. The summed E-state index contributed by atoms with van der Waals surface area (Å²) in [5.41, 5.74) is 0.699. The second kappa shape index (κ2) is 5.06. The summed E-state index contributed by atoms with van der Waals surface area (Å²) in [7, 11) is -1.88. The van der Waals surface area contributed by atoms with Crippen molar-refractivity contribution in [1.82, 2.24) is 4.72 Å². The topological polar surface area (TPSA) is 94.8 Å². The minimum absolute atomic E-state index is 0.125. The normalized spacial score (nSPS) is 36.5. The zero-order valence-corrected chi connectivity index (χ0v) is 13.8. The lowest BCUT2D eigenvalue weighted by Crippen LogP contribution is -2.40. The van der Waals surface area contributed by atoms with E-state index in [1.54, 1.807) is 13.0 Å². The number of aryl methyl sites for hydroxylation is 1. The summed E-state index contributed by atoms with van der Waals surface area (Å²) in [6, 6.07) is 1.63. The molecule has 2 heterocycles. The van der Waals surface area contributed by atoms with Gasteiger partial charge in [-0.2, -0.15) is 0 Å². The molecule has 3 aliphatic rings. The molecule has 0 radical (unpaired) electrons. The standard InChI is InChI=1S/C15H19NO6S/c1-7-3-9(22-13(7)15(17)20-2)6-21-14-8-4-10-11(5-8)23(18,19)16-12(10)14/h3,8,10-12,14,16H,4-6H2,1-2H3. The summed E-state index contributed by atoms with van der Waals surface area (Å²) >= 11 is 0. The molecule has 2 aliphatic carbocycles. The van der Waals surface area contributed by atoms with E-state index in [1.165, 1.54) is 7.11 Å². The molecule has 2 bridgehead atoms. The number of fused-ring (bicyclic) bond motifs is 1. The highest BCUT2D eigenvalue weighted by atomic mass is 32.2. The Morgan fingerprint density at radius 3 is 2.96 bits per heavy atom. The molecule has 0 spiro atoms. The van der Waals surface area contributed by atoms with Gasteiger partial charge in [-0.25, -0.2) is 17.9 Å². The van der Waals surface area contributed by atoms with E-state index in [-0.39, 0.29) is 41.6 Å². The Balaban J connectivity index is 1.46. The third-order valence-electron chi connectivity index (χ3n) is 5.32. The molecule has 0 aromatic carbocycles. The quantitative estimate of drug-likeness (QED) is 0.820. The number of hydrogen-bond donors (Lipinski definition) is 1. The van der Waals surface area contributed by atoms with E-state index >= 15 is 0 Å². The molecule has 126 valence electrons. The Kier molecular flexibility index (Phi) is 3.33. The highest BCUT2D eigenvalue weighted by Gasteiger charge is 2.62. The summed E-state index contributed by atoms with van der Waals surface area (Å²) in [5, 5.41) is -0.242. The molecule has 23 heavy (non-hydrogen) atoms. The van der Waals surface area contributed by atoms with Gasteiger partial charge in [-0.3, -0.25) is 0 Å². The van der Waals surface area contributed by atoms with Gasteiger partial charge in [0.05, 0.1) is 24.5 Å². The van der Waals surface area contributed by atoms with Crippen molar-refractivity contribution in [2.24, 2.45) is 11.8 Å². The van der Waals surface area contributed by atoms with Gasteiger partial charge in [-0.1, -0.05) is 0 Å². The van der Waals surface area contributed by atoms with Crippen molar-refractivity contribution in [2.45, 2.75) is 43.8 Å². The van der Waals surface area contributed by atoms with E-state index in [0.29, 0.717) is 17.7 Å². The van der Waals surface area contributed by atoms with E-state index in [1.807, 2.05) is 0 Å². The van der Waals surface area contributed by atoms with Crippen molar-refractivity contribution < 1.29 is 27.1 Å². The Bertz CT molecular complexity index is 754. The third kappa shape index (κ3) is 2.23. The number of methoxy groups -OCH3 is 1. The van der Waals surface area contributed by atoms with Crippen molar-refractivity contribution in [1.29, 1.82) is 0 Å². The molecular formula is C15H19NO6S. The number of sulfonamides is 1. The zero-order valence-electron chi connectivity index (χ0n) is 12.9. The zero-order chi connectivity index (χ0) is 16.4. The van der Waals surface area contributed by atoms with Gasteiger partial charge in [0.2, 0.25) is 15.8 Å². The molecule has 3 fully saturated rings. The van der Waals surface area contributed by atoms with Crippen molar-refractivity contribution in [2.75, 3.05) is 7.11 Å². The molecule has 1 aromatic heterocycles. The van der Waals surface area contributed by atoms with Crippen LogP contribution in [0.5, 0.6) is 0 Å². The van der Waals surface area contributed by atoms with Crippen LogP contribution in [0.4, 0.5) is 0 Å². The fourth-order valence-electron chi connectivity index (χ4n) is 4.37. The molecule has 5 unspecified atom stereocenters. The molecule has 7 nitrogen and oxygen atoms in total. The molecule has 1 aliphatic heterocycles. The van der Waals surface area contributed by atoms with Crippen LogP contribution in [0, 0.1) is 18.8 Å². The lowest BCUT2D eigenvalue weighted by Gasteiger charge is -2.25. The van der Waals surface area contributed by atoms with E-state index < -0.39 is 16.0 Å². The molecule has 5 atom stereocenters. The van der Waals surface area contributed by atoms with Gasteiger partial charge >= 0.3 is 5.97 Å². The number of hydrogen-bond acceptors (Lipinski definition) is 6. The van der Waals surface area contributed by atoms with Crippen molar-refractivity contribution in [3.8, 4) is 0 Å². The Morgan fingerprint density at radius 2 is 2.22 bits per heavy atom. The van der Waals surface area contributed by atoms with Gasteiger partial charge in [0, 0.05) is 5.56 Å². The first-order valence-electron chi connectivity index (χ1n) is 7.71. The first-order valence-corrected chi connectivity index (χ1v) is 9.25. The van der Waals surface area contributed by atoms with Gasteiger partial charge in [0.25, 0.3) is 0 Å². The van der Waals surface area contributed by atoms with Crippen LogP contribution in [0.25, 0.3) is 0 Å². The van der Waals surface area contributed by atoms with Crippen molar-refractivity contribution in [3.63, 3.8) is 0 Å². The van der Waals surface area contributed by atoms with Crippen LogP contribution in [-0.4, -0.2) is 38.9 Å². The molecule has 1 aromatic rings. The minimum atomic E-state index is -3.18. The largest absolute Gasteiger partial charge is 0.463 e. The van der Waals surface area contributed by atoms with Crippen LogP contribution in [0.1, 0.15) is 34.7 Å². The minimum Gasteiger partial charge on any atom is -0.463 e. The first-order chi connectivity index (χ1) is 10.9. The number of carbonyl (C=O) groups is 1. The summed E-state index contributed by atoms with van der Waals surface area (Å²) < 4.78 is 42.9. The van der Waals surface area contributed by atoms with E-state index in [0.717, 1.165) is 6.42 Å². The first kappa shape index (κ1) is 15.2. The van der Waals surface area contributed by atoms with Crippen LogP contribution < -0.4 is 4.72 Å². The SMILES string of the molecule is COC(=O)c1oc(COC2C3CC4C2NS(=O)(=O)C4C3)cc1C. The monoisotopic (exact) mass is 341 g/mol. The average molecular weight is 341 g/mol. The second-order valence-electron chi connectivity index (χ2n) is 6.61. The Hall–Kier alpha value is -1.38. The Labute approximate surface area is 134 Å². The number of nitrogens with one attached hydrogen (secondary N) is 1. The smallest absolute Gasteiger partial charge is 0.374 e. The highest BCUT2D eigenvalue weighted by molar-refractivity contribution is 7.90. The molecule has 0 amide bonds. The second-order valence-corrected chi connectivity index (χ2v) is 8.55. The third-order valence-corrected chi connectivity index (χ3v) is 7.26. The van der Waals surface area contributed by atoms with Crippen LogP contribution >= 0.6 is 0 Å². The molecular weight excluding hydrogens is 322 g/mol. The highest BCUT2D eigenvalue weighted by Crippen LogP contribution is 2.52. The van der Waals surface area contributed by atoms with Crippen molar-refractivity contribution >= 4 is 16.0 Å². The number of ether oxygens (including phenoxy) is 2. The maximum atomic E-state index is 12.0. The van der Waals surface area contributed by atoms with Crippen LogP contribution in [0.2, 0.25) is 0 Å². The summed E-state index contributed by atoms with van der Waals surface area (Å²) in [5.74, 6) is 0.652. The average Bonchev–Trinajstić information content (AvgIpc) is 3.19. The Morgan fingerprint density at radius 1 is 1.43 bits per heavy atom. The van der Waals surface area contributed by atoms with Crippen LogP contribution in [0.3, 0.4) is 0 Å². The van der Waals surface area contributed by atoms with Crippen LogP contribution in [0.15, 0.2) is 10.5 Å². The fourth-order valence-corrected chi connectivity index (χ4v) is 6.48. The summed E-state index contributed by atoms with van der Waals surface area (Å²) in [6.45, 7) is 1.99. The van der Waals surface area contributed by atoms with E-state index in [9.17, 15) is 13.2 Å². The maximum Gasteiger partial charge on any atom is 0.374 e. The number of rotatable bonds is 4. The van der Waals surface area contributed by atoms with Gasteiger partial charge in [-0.05, 0) is 37.7 Å².